The van der Waals surface area contributed by atoms with Gasteiger partial charge in [-0.1, -0.05) is 19.1 Å². The quantitative estimate of drug-likeness (QED) is 0.804. The summed E-state index contributed by atoms with van der Waals surface area (Å²) in [6, 6.07) is 10.7. The molecule has 0 saturated heterocycles. The number of benzene rings is 2. The normalized spacial score (nSPS) is 18.1. The Kier molecular flexibility index (Phi) is 4.75. The van der Waals surface area contributed by atoms with E-state index in [2.05, 4.69) is 4.72 Å². The summed E-state index contributed by atoms with van der Waals surface area (Å²) >= 11 is 0. The van der Waals surface area contributed by atoms with Crippen LogP contribution in [0.15, 0.2) is 47.4 Å². The van der Waals surface area contributed by atoms with Gasteiger partial charge in [0.2, 0.25) is 15.9 Å². The van der Waals surface area contributed by atoms with Crippen LogP contribution in [0, 0.1) is 5.82 Å². The number of fused-ring (bicyclic) bond motifs is 1. The molecule has 1 aliphatic heterocycles. The topological polar surface area (TPSA) is 66.5 Å². The lowest BCUT2D eigenvalue weighted by Crippen LogP contribution is -2.37. The minimum atomic E-state index is -3.75. The van der Waals surface area contributed by atoms with Crippen LogP contribution in [0.2, 0.25) is 0 Å². The van der Waals surface area contributed by atoms with Gasteiger partial charge in [-0.05, 0) is 67.1 Å². The number of carbonyl (C=O) groups is 1. The molecule has 5 nitrogen and oxygen atoms in total. The van der Waals surface area contributed by atoms with Gasteiger partial charge in [0.05, 0.1) is 10.4 Å². The van der Waals surface area contributed by atoms with Crippen LogP contribution in [0.3, 0.4) is 0 Å². The SMILES string of the molecule is CCCN1C(=O)CCc2cc(C3(NS(=O)(=O)c4ccc(F)cc4)CC3)ccc21. The van der Waals surface area contributed by atoms with E-state index in [-0.39, 0.29) is 10.8 Å². The maximum atomic E-state index is 13.1. The highest BCUT2D eigenvalue weighted by atomic mass is 32.2. The molecule has 148 valence electrons. The number of nitrogens with zero attached hydrogens (tertiary/aromatic N) is 1. The standard InChI is InChI=1S/C21H23FN2O3S/c1-2-13-24-19-9-4-16(14-15(19)3-10-20(24)25)21(11-12-21)23-28(26,27)18-7-5-17(22)6-8-18/h4-9,14,23H,2-3,10-13H2,1H3. The molecule has 0 spiro atoms. The highest BCUT2D eigenvalue weighted by Crippen LogP contribution is 2.48. The second kappa shape index (κ2) is 6.97. The van der Waals surface area contributed by atoms with Gasteiger partial charge in [0.15, 0.2) is 0 Å². The van der Waals surface area contributed by atoms with E-state index in [0.717, 1.165) is 35.4 Å². The van der Waals surface area contributed by atoms with Crippen molar-refractivity contribution >= 4 is 21.6 Å². The number of sulfonamides is 1. The fraction of sp³-hybridized carbons (Fsp3) is 0.381. The molecule has 1 fully saturated rings. The number of hydrogen-bond donors (Lipinski definition) is 1. The molecule has 2 aromatic carbocycles. The van der Waals surface area contributed by atoms with Crippen LogP contribution in [-0.2, 0) is 26.8 Å². The number of halogens is 1. The van der Waals surface area contributed by atoms with Gasteiger partial charge in [0.1, 0.15) is 5.82 Å². The van der Waals surface area contributed by atoms with E-state index in [0.29, 0.717) is 32.2 Å². The van der Waals surface area contributed by atoms with Crippen molar-refractivity contribution in [3.8, 4) is 0 Å². The summed E-state index contributed by atoms with van der Waals surface area (Å²) in [5.41, 5.74) is 2.30. The van der Waals surface area contributed by atoms with Crippen molar-refractivity contribution in [2.75, 3.05) is 11.4 Å². The summed E-state index contributed by atoms with van der Waals surface area (Å²) in [5, 5.41) is 0. The van der Waals surface area contributed by atoms with Crippen LogP contribution in [0.5, 0.6) is 0 Å². The Morgan fingerprint density at radius 3 is 2.46 bits per heavy atom. The molecule has 0 unspecified atom stereocenters. The number of nitrogens with one attached hydrogen (secondary N) is 1. The van der Waals surface area contributed by atoms with E-state index < -0.39 is 21.4 Å². The molecule has 0 bridgehead atoms. The van der Waals surface area contributed by atoms with Crippen LogP contribution >= 0.6 is 0 Å². The van der Waals surface area contributed by atoms with Gasteiger partial charge in [0, 0.05) is 18.7 Å². The van der Waals surface area contributed by atoms with Crippen LogP contribution in [0.25, 0.3) is 0 Å². The first kappa shape index (κ1) is 19.1. The van der Waals surface area contributed by atoms with Gasteiger partial charge in [-0.3, -0.25) is 4.79 Å². The third-order valence-electron chi connectivity index (χ3n) is 5.48. The van der Waals surface area contributed by atoms with Gasteiger partial charge in [0.25, 0.3) is 0 Å². The number of hydrogen-bond acceptors (Lipinski definition) is 3. The molecule has 1 heterocycles. The van der Waals surface area contributed by atoms with Gasteiger partial charge < -0.3 is 4.90 Å². The largest absolute Gasteiger partial charge is 0.312 e. The smallest absolute Gasteiger partial charge is 0.241 e. The average Bonchev–Trinajstić information content (AvgIpc) is 3.44. The van der Waals surface area contributed by atoms with Crippen molar-refractivity contribution in [3.63, 3.8) is 0 Å². The first-order valence-electron chi connectivity index (χ1n) is 9.58. The number of rotatable bonds is 6. The number of carbonyl (C=O) groups excluding carboxylic acids is 1. The lowest BCUT2D eigenvalue weighted by Gasteiger charge is -2.30. The van der Waals surface area contributed by atoms with Crippen LogP contribution in [0.1, 0.15) is 43.7 Å². The lowest BCUT2D eigenvalue weighted by molar-refractivity contribution is -0.118. The molecule has 1 aliphatic carbocycles. The number of anilines is 1. The molecule has 1 N–H and O–H groups in total. The zero-order chi connectivity index (χ0) is 19.9. The Bertz CT molecular complexity index is 1010. The molecule has 1 saturated carbocycles. The fourth-order valence-electron chi connectivity index (χ4n) is 3.83. The fourth-order valence-corrected chi connectivity index (χ4v) is 5.28. The minimum absolute atomic E-state index is 0.0536. The Balaban J connectivity index is 1.62. The van der Waals surface area contributed by atoms with E-state index in [1.54, 1.807) is 0 Å². The second-order valence-corrected chi connectivity index (χ2v) is 9.21. The average molecular weight is 402 g/mol. The molecular weight excluding hydrogens is 379 g/mol. The van der Waals surface area contributed by atoms with Crippen molar-refractivity contribution < 1.29 is 17.6 Å². The first-order chi connectivity index (χ1) is 13.3. The zero-order valence-electron chi connectivity index (χ0n) is 15.7. The predicted molar refractivity (Wildman–Crippen MR) is 105 cm³/mol. The molecule has 4 rings (SSSR count). The van der Waals surface area contributed by atoms with Crippen molar-refractivity contribution in [1.82, 2.24) is 4.72 Å². The highest BCUT2D eigenvalue weighted by molar-refractivity contribution is 7.89. The van der Waals surface area contributed by atoms with Gasteiger partial charge >= 0.3 is 0 Å². The molecule has 1 amide bonds. The highest BCUT2D eigenvalue weighted by Gasteiger charge is 2.48. The summed E-state index contributed by atoms with van der Waals surface area (Å²) in [6.45, 7) is 2.73. The molecule has 2 aliphatic rings. The predicted octanol–water partition coefficient (Wildman–Crippen LogP) is 3.48. The van der Waals surface area contributed by atoms with Crippen LogP contribution in [0.4, 0.5) is 10.1 Å². The van der Waals surface area contributed by atoms with Crippen molar-refractivity contribution in [1.29, 1.82) is 0 Å². The Hall–Kier alpha value is -2.25. The molecule has 2 aromatic rings. The summed E-state index contributed by atoms with van der Waals surface area (Å²) < 4.78 is 41.4. The summed E-state index contributed by atoms with van der Waals surface area (Å²) in [7, 11) is -3.75. The first-order valence-corrected chi connectivity index (χ1v) is 11.1. The zero-order valence-corrected chi connectivity index (χ0v) is 16.6. The third-order valence-corrected chi connectivity index (χ3v) is 7.04. The molecule has 28 heavy (non-hydrogen) atoms. The van der Waals surface area contributed by atoms with Crippen molar-refractivity contribution in [2.45, 2.75) is 49.5 Å². The van der Waals surface area contributed by atoms with E-state index in [1.165, 1.54) is 12.1 Å². The van der Waals surface area contributed by atoms with E-state index >= 15 is 0 Å². The molecule has 7 heteroatoms. The molecule has 0 atom stereocenters. The maximum Gasteiger partial charge on any atom is 0.241 e. The maximum absolute atomic E-state index is 13.1. The van der Waals surface area contributed by atoms with Crippen LogP contribution < -0.4 is 9.62 Å². The monoisotopic (exact) mass is 402 g/mol. The molecule has 0 radical (unpaired) electrons. The summed E-state index contributed by atoms with van der Waals surface area (Å²) in [6.07, 6.45) is 3.45. The summed E-state index contributed by atoms with van der Waals surface area (Å²) in [4.78, 5) is 14.1. The Morgan fingerprint density at radius 2 is 1.82 bits per heavy atom. The van der Waals surface area contributed by atoms with E-state index in [4.69, 9.17) is 0 Å². The minimum Gasteiger partial charge on any atom is -0.312 e. The van der Waals surface area contributed by atoms with Crippen molar-refractivity contribution in [2.24, 2.45) is 0 Å². The van der Waals surface area contributed by atoms with E-state index in [1.807, 2.05) is 30.0 Å². The van der Waals surface area contributed by atoms with Gasteiger partial charge in [-0.25, -0.2) is 17.5 Å². The van der Waals surface area contributed by atoms with Crippen LogP contribution in [-0.4, -0.2) is 20.9 Å². The van der Waals surface area contributed by atoms with Gasteiger partial charge in [-0.15, -0.1) is 0 Å². The Morgan fingerprint density at radius 1 is 1.11 bits per heavy atom. The molecule has 0 aromatic heterocycles. The summed E-state index contributed by atoms with van der Waals surface area (Å²) in [5.74, 6) is -0.332. The second-order valence-electron chi connectivity index (χ2n) is 7.53. The third kappa shape index (κ3) is 3.44. The Labute approximate surface area is 164 Å². The van der Waals surface area contributed by atoms with Crippen molar-refractivity contribution in [3.05, 3.63) is 59.4 Å². The lowest BCUT2D eigenvalue weighted by atomic mass is 9.95. The molecular formula is C21H23FN2O3S. The number of aryl methyl sites for hydroxylation is 1. The van der Waals surface area contributed by atoms with E-state index in [9.17, 15) is 17.6 Å². The number of amides is 1. The van der Waals surface area contributed by atoms with Gasteiger partial charge in [-0.2, -0.15) is 0 Å².